The molecule has 0 heterocycles. The van der Waals surface area contributed by atoms with Crippen molar-refractivity contribution in [3.63, 3.8) is 0 Å². The third-order valence-corrected chi connectivity index (χ3v) is 1.56. The Morgan fingerprint density at radius 3 is 2.62 bits per heavy atom. The van der Waals surface area contributed by atoms with Gasteiger partial charge >= 0.3 is 0 Å². The van der Waals surface area contributed by atoms with Crippen LogP contribution in [0.15, 0.2) is 0 Å². The van der Waals surface area contributed by atoms with Crippen molar-refractivity contribution in [1.82, 2.24) is 5.32 Å². The summed E-state index contributed by atoms with van der Waals surface area (Å²) in [7, 11) is 1.57. The van der Waals surface area contributed by atoms with Gasteiger partial charge in [0, 0.05) is 20.3 Å². The Balaban J connectivity index is 3.44. The fourth-order valence-electron chi connectivity index (χ4n) is 0.901. The van der Waals surface area contributed by atoms with Crippen molar-refractivity contribution in [1.29, 1.82) is 0 Å². The largest absolute Gasteiger partial charge is 0.390 e. The van der Waals surface area contributed by atoms with Crippen LogP contribution in [0, 0.1) is 5.92 Å². The maximum absolute atomic E-state index is 12.4. The van der Waals surface area contributed by atoms with Gasteiger partial charge in [-0.1, -0.05) is 6.92 Å². The molecule has 0 rings (SSSR count). The van der Waals surface area contributed by atoms with E-state index in [0.717, 1.165) is 0 Å². The molecule has 5 heteroatoms. The van der Waals surface area contributed by atoms with Gasteiger partial charge in [-0.25, -0.2) is 8.78 Å². The second-order valence-corrected chi connectivity index (χ2v) is 3.21. The summed E-state index contributed by atoms with van der Waals surface area (Å²) < 4.78 is 29.7. The summed E-state index contributed by atoms with van der Waals surface area (Å²) >= 11 is 0. The van der Waals surface area contributed by atoms with Crippen LogP contribution in [0.3, 0.4) is 0 Å². The van der Waals surface area contributed by atoms with E-state index in [0.29, 0.717) is 13.2 Å². The summed E-state index contributed by atoms with van der Waals surface area (Å²) in [6.45, 7) is 1.30. The molecule has 0 aromatic carbocycles. The van der Waals surface area contributed by atoms with E-state index in [-0.39, 0.29) is 5.92 Å². The Kier molecular flexibility index (Phi) is 6.11. The molecule has 3 nitrogen and oxygen atoms in total. The quantitative estimate of drug-likeness (QED) is 0.624. The molecule has 0 aliphatic carbocycles. The highest BCUT2D eigenvalue weighted by Crippen LogP contribution is 2.09. The molecule has 0 bridgehead atoms. The van der Waals surface area contributed by atoms with Gasteiger partial charge in [0.15, 0.2) is 0 Å². The number of alkyl halides is 2. The van der Waals surface area contributed by atoms with E-state index in [1.165, 1.54) is 0 Å². The summed E-state index contributed by atoms with van der Waals surface area (Å²) in [5, 5.41) is 10.8. The molecule has 2 N–H and O–H groups in total. The van der Waals surface area contributed by atoms with Crippen molar-refractivity contribution in [2.75, 3.05) is 33.4 Å². The first-order chi connectivity index (χ1) is 6.02. The summed E-state index contributed by atoms with van der Waals surface area (Å²) in [5.74, 6) is -2.83. The number of hydrogen-bond acceptors (Lipinski definition) is 3. The van der Waals surface area contributed by atoms with Crippen LogP contribution in [0.2, 0.25) is 0 Å². The Morgan fingerprint density at radius 2 is 2.15 bits per heavy atom. The van der Waals surface area contributed by atoms with Crippen LogP contribution in [0.25, 0.3) is 0 Å². The molecule has 0 amide bonds. The smallest absolute Gasteiger partial charge is 0.282 e. The third kappa shape index (κ3) is 6.86. The van der Waals surface area contributed by atoms with Gasteiger partial charge in [0.05, 0.1) is 6.54 Å². The van der Waals surface area contributed by atoms with Gasteiger partial charge in [-0.2, -0.15) is 0 Å². The Labute approximate surface area is 77.1 Å². The fraction of sp³-hybridized carbons (Fsp3) is 1.00. The predicted molar refractivity (Wildman–Crippen MR) is 45.9 cm³/mol. The van der Waals surface area contributed by atoms with Crippen LogP contribution in [0.4, 0.5) is 8.78 Å². The van der Waals surface area contributed by atoms with E-state index in [2.05, 4.69) is 5.32 Å². The van der Waals surface area contributed by atoms with Gasteiger partial charge in [0.25, 0.3) is 5.92 Å². The average Bonchev–Trinajstić information content (AvgIpc) is 2.05. The molecule has 0 saturated carbocycles. The number of hydrogen-bond donors (Lipinski definition) is 2. The zero-order valence-electron chi connectivity index (χ0n) is 8.02. The van der Waals surface area contributed by atoms with E-state index < -0.39 is 19.1 Å². The van der Waals surface area contributed by atoms with Crippen molar-refractivity contribution in [3.8, 4) is 0 Å². The molecule has 0 spiro atoms. The normalized spacial score (nSPS) is 14.5. The van der Waals surface area contributed by atoms with Crippen LogP contribution >= 0.6 is 0 Å². The third-order valence-electron chi connectivity index (χ3n) is 1.56. The van der Waals surface area contributed by atoms with E-state index in [9.17, 15) is 8.78 Å². The molecule has 13 heavy (non-hydrogen) atoms. The molecule has 1 unspecified atom stereocenters. The maximum Gasteiger partial charge on any atom is 0.282 e. The molecule has 0 fully saturated rings. The lowest BCUT2D eigenvalue weighted by molar-refractivity contribution is -0.0482. The summed E-state index contributed by atoms with van der Waals surface area (Å²) in [6, 6.07) is 0. The van der Waals surface area contributed by atoms with Gasteiger partial charge in [-0.15, -0.1) is 0 Å². The molecular weight excluding hydrogens is 180 g/mol. The highest BCUT2D eigenvalue weighted by molar-refractivity contribution is 4.68. The average molecular weight is 197 g/mol. The number of ether oxygens (including phenoxy) is 1. The summed E-state index contributed by atoms with van der Waals surface area (Å²) in [6.07, 6.45) is 0. The number of rotatable bonds is 7. The zero-order valence-corrected chi connectivity index (χ0v) is 8.02. The zero-order chi connectivity index (χ0) is 10.3. The van der Waals surface area contributed by atoms with Gasteiger partial charge in [-0.05, 0) is 5.92 Å². The SMILES string of the molecule is COCC(C)CNCC(F)(F)CO. The highest BCUT2D eigenvalue weighted by Gasteiger charge is 2.26. The Bertz CT molecular complexity index is 133. The monoisotopic (exact) mass is 197 g/mol. The van der Waals surface area contributed by atoms with E-state index >= 15 is 0 Å². The predicted octanol–water partition coefficient (Wildman–Crippen LogP) is 0.486. The molecule has 0 radical (unpaired) electrons. The first kappa shape index (κ1) is 12.7. The molecule has 0 aromatic rings. The molecular formula is C8H17F2NO2. The second-order valence-electron chi connectivity index (χ2n) is 3.21. The van der Waals surface area contributed by atoms with E-state index in [4.69, 9.17) is 9.84 Å². The van der Waals surface area contributed by atoms with Crippen LogP contribution in [0.5, 0.6) is 0 Å². The minimum Gasteiger partial charge on any atom is -0.390 e. The van der Waals surface area contributed by atoms with Gasteiger partial charge in [0.1, 0.15) is 6.61 Å². The number of halogens is 2. The Hall–Kier alpha value is -0.260. The van der Waals surface area contributed by atoms with Crippen LogP contribution in [-0.2, 0) is 4.74 Å². The van der Waals surface area contributed by atoms with Crippen LogP contribution in [-0.4, -0.2) is 44.4 Å². The van der Waals surface area contributed by atoms with Gasteiger partial charge in [-0.3, -0.25) is 0 Å². The van der Waals surface area contributed by atoms with Crippen molar-refractivity contribution >= 4 is 0 Å². The highest BCUT2D eigenvalue weighted by atomic mass is 19.3. The molecule has 80 valence electrons. The lowest BCUT2D eigenvalue weighted by Gasteiger charge is -2.16. The minimum atomic E-state index is -3.02. The molecule has 0 aromatic heterocycles. The standard InChI is InChI=1S/C8H17F2NO2/c1-7(4-13-2)3-11-5-8(9,10)6-12/h7,11-12H,3-6H2,1-2H3. The number of nitrogens with one attached hydrogen (secondary N) is 1. The number of aliphatic hydroxyl groups is 1. The fourth-order valence-corrected chi connectivity index (χ4v) is 0.901. The number of aliphatic hydroxyl groups excluding tert-OH is 1. The van der Waals surface area contributed by atoms with E-state index in [1.807, 2.05) is 6.92 Å². The Morgan fingerprint density at radius 1 is 1.54 bits per heavy atom. The van der Waals surface area contributed by atoms with Gasteiger partial charge < -0.3 is 15.2 Å². The molecule has 0 saturated heterocycles. The molecule has 0 aliphatic rings. The second kappa shape index (κ2) is 6.23. The van der Waals surface area contributed by atoms with Gasteiger partial charge in [0.2, 0.25) is 0 Å². The lowest BCUT2D eigenvalue weighted by Crippen LogP contribution is -2.38. The minimum absolute atomic E-state index is 0.194. The topological polar surface area (TPSA) is 41.5 Å². The summed E-state index contributed by atoms with van der Waals surface area (Å²) in [5.41, 5.74) is 0. The summed E-state index contributed by atoms with van der Waals surface area (Å²) in [4.78, 5) is 0. The van der Waals surface area contributed by atoms with Crippen LogP contribution < -0.4 is 5.32 Å². The van der Waals surface area contributed by atoms with Crippen molar-refractivity contribution in [3.05, 3.63) is 0 Å². The van der Waals surface area contributed by atoms with Crippen LogP contribution in [0.1, 0.15) is 6.92 Å². The van der Waals surface area contributed by atoms with Crippen molar-refractivity contribution < 1.29 is 18.6 Å². The van der Waals surface area contributed by atoms with Crippen molar-refractivity contribution in [2.24, 2.45) is 5.92 Å². The van der Waals surface area contributed by atoms with E-state index in [1.54, 1.807) is 7.11 Å². The molecule has 1 atom stereocenters. The van der Waals surface area contributed by atoms with Crippen molar-refractivity contribution in [2.45, 2.75) is 12.8 Å². The number of methoxy groups -OCH3 is 1. The first-order valence-electron chi connectivity index (χ1n) is 4.20. The first-order valence-corrected chi connectivity index (χ1v) is 4.20. The maximum atomic E-state index is 12.4. The lowest BCUT2D eigenvalue weighted by atomic mass is 10.2. The molecule has 0 aliphatic heterocycles.